The zero-order valence-electron chi connectivity index (χ0n) is 9.54. The number of hydrogen-bond acceptors (Lipinski definition) is 3. The summed E-state index contributed by atoms with van der Waals surface area (Å²) in [5.74, 6) is -0.200. The molecule has 0 bridgehead atoms. The van der Waals surface area contributed by atoms with Crippen molar-refractivity contribution in [3.63, 3.8) is 0 Å². The summed E-state index contributed by atoms with van der Waals surface area (Å²) in [6.45, 7) is 0.496. The Morgan fingerprint density at radius 2 is 2.17 bits per heavy atom. The van der Waals surface area contributed by atoms with Gasteiger partial charge in [-0.15, -0.1) is 0 Å². The van der Waals surface area contributed by atoms with Crippen LogP contribution in [0, 0.1) is 0 Å². The van der Waals surface area contributed by atoms with E-state index in [1.807, 2.05) is 6.07 Å². The van der Waals surface area contributed by atoms with Crippen LogP contribution in [-0.2, 0) is 21.4 Å². The van der Waals surface area contributed by atoms with Crippen LogP contribution in [0.3, 0.4) is 0 Å². The number of carbonyl (C=O) groups excluding carboxylic acids is 1. The Kier molecular flexibility index (Phi) is 3.61. The first-order valence-electron chi connectivity index (χ1n) is 5.40. The number of halogens is 1. The molecule has 1 unspecified atom stereocenters. The minimum atomic E-state index is -3.66. The molecule has 1 aromatic carbocycles. The normalized spacial score (nSPS) is 20.4. The number of carbonyl (C=O) groups is 1. The molecule has 1 aliphatic heterocycles. The van der Waals surface area contributed by atoms with Crippen molar-refractivity contribution >= 4 is 27.5 Å². The van der Waals surface area contributed by atoms with Crippen LogP contribution in [0.2, 0.25) is 5.02 Å². The second-order valence-electron chi connectivity index (χ2n) is 4.32. The van der Waals surface area contributed by atoms with Crippen LogP contribution in [-0.4, -0.2) is 31.0 Å². The molecule has 1 atom stereocenters. The first kappa shape index (κ1) is 13.3. The Hall–Kier alpha value is -1.11. The molecule has 1 fully saturated rings. The lowest BCUT2D eigenvalue weighted by Gasteiger charge is -2.16. The molecule has 18 heavy (non-hydrogen) atoms. The van der Waals surface area contributed by atoms with Crippen LogP contribution in [0.25, 0.3) is 0 Å². The summed E-state index contributed by atoms with van der Waals surface area (Å²) in [4.78, 5) is 13.2. The first-order chi connectivity index (χ1) is 8.36. The number of sulfonamides is 1. The number of nitrogens with two attached hydrogens (primary N) is 1. The van der Waals surface area contributed by atoms with Gasteiger partial charge in [0.25, 0.3) is 0 Å². The Morgan fingerprint density at radius 3 is 2.72 bits per heavy atom. The van der Waals surface area contributed by atoms with Gasteiger partial charge in [0.2, 0.25) is 15.9 Å². The molecule has 0 aromatic heterocycles. The molecule has 1 amide bonds. The molecule has 1 aromatic rings. The van der Waals surface area contributed by atoms with E-state index in [2.05, 4.69) is 0 Å². The highest BCUT2D eigenvalue weighted by Gasteiger charge is 2.36. The highest BCUT2D eigenvalue weighted by atomic mass is 35.5. The molecule has 7 heteroatoms. The van der Waals surface area contributed by atoms with Crippen LogP contribution in [0.4, 0.5) is 0 Å². The zero-order chi connectivity index (χ0) is 13.3. The van der Waals surface area contributed by atoms with Gasteiger partial charge in [-0.05, 0) is 17.7 Å². The predicted molar refractivity (Wildman–Crippen MR) is 68.4 cm³/mol. The van der Waals surface area contributed by atoms with E-state index >= 15 is 0 Å². The number of primary sulfonamides is 1. The minimum Gasteiger partial charge on any atom is -0.337 e. The van der Waals surface area contributed by atoms with E-state index in [0.717, 1.165) is 5.56 Å². The van der Waals surface area contributed by atoms with Crippen LogP contribution >= 0.6 is 11.6 Å². The van der Waals surface area contributed by atoms with E-state index in [0.29, 0.717) is 11.6 Å². The minimum absolute atomic E-state index is 0.0423. The van der Waals surface area contributed by atoms with Crippen LogP contribution in [0.1, 0.15) is 12.0 Å². The van der Waals surface area contributed by atoms with Gasteiger partial charge in [-0.2, -0.15) is 0 Å². The summed E-state index contributed by atoms with van der Waals surface area (Å²) in [6.07, 6.45) is -0.0423. The van der Waals surface area contributed by atoms with E-state index in [1.165, 1.54) is 4.90 Å². The molecule has 5 nitrogen and oxygen atoms in total. The second kappa shape index (κ2) is 4.87. The Morgan fingerprint density at radius 1 is 1.44 bits per heavy atom. The molecule has 0 saturated carbocycles. The van der Waals surface area contributed by atoms with E-state index in [4.69, 9.17) is 16.7 Å². The lowest BCUT2D eigenvalue weighted by molar-refractivity contribution is -0.128. The van der Waals surface area contributed by atoms with Crippen molar-refractivity contribution in [2.24, 2.45) is 5.14 Å². The Labute approximate surface area is 111 Å². The fraction of sp³-hybridized carbons (Fsp3) is 0.364. The summed E-state index contributed by atoms with van der Waals surface area (Å²) in [6, 6.07) is 7.11. The molecule has 0 spiro atoms. The monoisotopic (exact) mass is 288 g/mol. The lowest BCUT2D eigenvalue weighted by atomic mass is 10.2. The van der Waals surface area contributed by atoms with Crippen molar-refractivity contribution in [3.8, 4) is 0 Å². The van der Waals surface area contributed by atoms with Gasteiger partial charge >= 0.3 is 0 Å². The third kappa shape index (κ3) is 3.01. The molecular formula is C11H13ClN2O3S. The summed E-state index contributed by atoms with van der Waals surface area (Å²) in [7, 11) is -3.66. The molecule has 2 rings (SSSR count). The van der Waals surface area contributed by atoms with E-state index in [-0.39, 0.29) is 18.9 Å². The number of nitrogens with zero attached hydrogens (tertiary/aromatic N) is 1. The van der Waals surface area contributed by atoms with Crippen molar-refractivity contribution < 1.29 is 13.2 Å². The van der Waals surface area contributed by atoms with Crippen molar-refractivity contribution in [1.29, 1.82) is 0 Å². The SMILES string of the molecule is NS(=O)(=O)C1CC(=O)N(Cc2cccc(Cl)c2)C1. The number of benzene rings is 1. The molecule has 1 heterocycles. The molecule has 0 radical (unpaired) electrons. The van der Waals surface area contributed by atoms with Crippen molar-refractivity contribution in [2.45, 2.75) is 18.2 Å². The third-order valence-corrected chi connectivity index (χ3v) is 4.39. The molecule has 1 saturated heterocycles. The zero-order valence-corrected chi connectivity index (χ0v) is 11.1. The quantitative estimate of drug-likeness (QED) is 0.890. The van der Waals surface area contributed by atoms with Crippen LogP contribution in [0.5, 0.6) is 0 Å². The average molecular weight is 289 g/mol. The van der Waals surface area contributed by atoms with E-state index < -0.39 is 15.3 Å². The average Bonchev–Trinajstić information content (AvgIpc) is 2.60. The van der Waals surface area contributed by atoms with Gasteiger partial charge in [0.15, 0.2) is 0 Å². The second-order valence-corrected chi connectivity index (χ2v) is 6.60. The van der Waals surface area contributed by atoms with Crippen molar-refractivity contribution in [1.82, 2.24) is 4.90 Å². The maximum absolute atomic E-state index is 11.7. The standard InChI is InChI=1S/C11H13ClN2O3S/c12-9-3-1-2-8(4-9)6-14-7-10(5-11(14)15)18(13,16)17/h1-4,10H,5-7H2,(H2,13,16,17). The highest BCUT2D eigenvalue weighted by molar-refractivity contribution is 7.89. The Bertz CT molecular complexity index is 573. The molecule has 0 aliphatic carbocycles. The van der Waals surface area contributed by atoms with Crippen LogP contribution < -0.4 is 5.14 Å². The summed E-state index contributed by atoms with van der Waals surface area (Å²) in [5, 5.41) is 4.84. The summed E-state index contributed by atoms with van der Waals surface area (Å²) in [5.41, 5.74) is 0.867. The summed E-state index contributed by atoms with van der Waals surface area (Å²) < 4.78 is 22.4. The molecule has 1 aliphatic rings. The Balaban J connectivity index is 2.10. The maximum atomic E-state index is 11.7. The van der Waals surface area contributed by atoms with Gasteiger partial charge in [0.05, 0.1) is 0 Å². The van der Waals surface area contributed by atoms with Gasteiger partial charge in [-0.3, -0.25) is 4.79 Å². The molecular weight excluding hydrogens is 276 g/mol. The number of likely N-dealkylation sites (tertiary alicyclic amines) is 1. The van der Waals surface area contributed by atoms with E-state index in [9.17, 15) is 13.2 Å². The van der Waals surface area contributed by atoms with Crippen molar-refractivity contribution in [3.05, 3.63) is 34.9 Å². The summed E-state index contributed by atoms with van der Waals surface area (Å²) >= 11 is 5.85. The van der Waals surface area contributed by atoms with E-state index in [1.54, 1.807) is 18.2 Å². The first-order valence-corrected chi connectivity index (χ1v) is 7.39. The van der Waals surface area contributed by atoms with Crippen LogP contribution in [0.15, 0.2) is 24.3 Å². The largest absolute Gasteiger partial charge is 0.337 e. The lowest BCUT2D eigenvalue weighted by Crippen LogP contribution is -2.31. The maximum Gasteiger partial charge on any atom is 0.224 e. The van der Waals surface area contributed by atoms with Gasteiger partial charge in [-0.25, -0.2) is 13.6 Å². The topological polar surface area (TPSA) is 80.5 Å². The number of hydrogen-bond donors (Lipinski definition) is 1. The van der Waals surface area contributed by atoms with Crippen molar-refractivity contribution in [2.75, 3.05) is 6.54 Å². The smallest absolute Gasteiger partial charge is 0.224 e. The molecule has 98 valence electrons. The fourth-order valence-corrected chi connectivity index (χ4v) is 2.94. The fourth-order valence-electron chi connectivity index (χ4n) is 1.96. The highest BCUT2D eigenvalue weighted by Crippen LogP contribution is 2.20. The van der Waals surface area contributed by atoms with Gasteiger partial charge in [0.1, 0.15) is 5.25 Å². The third-order valence-electron chi connectivity index (χ3n) is 2.91. The van der Waals surface area contributed by atoms with Gasteiger partial charge < -0.3 is 4.90 Å². The molecule has 2 N–H and O–H groups in total. The predicted octanol–water partition coefficient (Wildman–Crippen LogP) is 0.729. The number of amides is 1. The van der Waals surface area contributed by atoms with Gasteiger partial charge in [0, 0.05) is 24.5 Å². The number of rotatable bonds is 3. The van der Waals surface area contributed by atoms with Gasteiger partial charge in [-0.1, -0.05) is 23.7 Å².